The number of aromatic nitrogens is 2. The molecule has 6 nitrogen and oxygen atoms in total. The lowest BCUT2D eigenvalue weighted by molar-refractivity contribution is -0.116. The van der Waals surface area contributed by atoms with Crippen LogP contribution in [0.2, 0.25) is 5.02 Å². The highest BCUT2D eigenvalue weighted by Gasteiger charge is 2.11. The van der Waals surface area contributed by atoms with Crippen molar-refractivity contribution in [2.75, 3.05) is 12.4 Å². The number of ether oxygens (including phenoxy) is 1. The number of carbonyl (C=O) groups is 1. The van der Waals surface area contributed by atoms with Crippen LogP contribution in [0.1, 0.15) is 12.3 Å². The van der Waals surface area contributed by atoms with E-state index in [4.69, 9.17) is 20.8 Å². The fraction of sp³-hybridized carbons (Fsp3) is 0.167. The third-order valence-electron chi connectivity index (χ3n) is 3.48. The lowest BCUT2D eigenvalue weighted by atomic mass is 10.2. The minimum atomic E-state index is -0.147. The molecular weight excluding hydrogens is 342 g/mol. The summed E-state index contributed by atoms with van der Waals surface area (Å²) in [5.41, 5.74) is 1.45. The number of hydrogen-bond acceptors (Lipinski definition) is 5. The number of carbonyl (C=O) groups excluding carboxylic acids is 1. The molecular formula is C18H16ClN3O3. The van der Waals surface area contributed by atoms with E-state index < -0.39 is 0 Å². The highest BCUT2D eigenvalue weighted by Crippen LogP contribution is 2.21. The number of aryl methyl sites for hydroxylation is 1. The van der Waals surface area contributed by atoms with E-state index in [1.54, 1.807) is 31.4 Å². The molecule has 0 saturated carbocycles. The Labute approximate surface area is 149 Å². The second-order valence-electron chi connectivity index (χ2n) is 5.29. The molecule has 1 amide bonds. The summed E-state index contributed by atoms with van der Waals surface area (Å²) in [4.78, 5) is 12.0. The maximum Gasteiger partial charge on any atom is 0.247 e. The summed E-state index contributed by atoms with van der Waals surface area (Å²) < 4.78 is 10.7. The second-order valence-corrected chi connectivity index (χ2v) is 5.72. The van der Waals surface area contributed by atoms with Crippen LogP contribution < -0.4 is 10.1 Å². The fourth-order valence-electron chi connectivity index (χ4n) is 2.22. The number of methoxy groups -OCH3 is 1. The molecule has 0 spiro atoms. The number of halogens is 1. The predicted octanol–water partition coefficient (Wildman–Crippen LogP) is 3.97. The molecule has 1 aromatic heterocycles. The largest absolute Gasteiger partial charge is 0.497 e. The summed E-state index contributed by atoms with van der Waals surface area (Å²) in [5.74, 6) is 1.42. The average Bonchev–Trinajstić information content (AvgIpc) is 3.09. The molecule has 0 bridgehead atoms. The van der Waals surface area contributed by atoms with Crippen molar-refractivity contribution >= 4 is 23.2 Å². The number of rotatable bonds is 6. The van der Waals surface area contributed by atoms with Gasteiger partial charge in [-0.15, -0.1) is 10.2 Å². The van der Waals surface area contributed by atoms with Gasteiger partial charge in [0.05, 0.1) is 7.11 Å². The molecule has 1 heterocycles. The Hall–Kier alpha value is -2.86. The van der Waals surface area contributed by atoms with E-state index in [0.29, 0.717) is 28.9 Å². The highest BCUT2D eigenvalue weighted by molar-refractivity contribution is 6.30. The van der Waals surface area contributed by atoms with E-state index in [1.807, 2.05) is 24.3 Å². The van der Waals surface area contributed by atoms with Crippen molar-refractivity contribution in [2.45, 2.75) is 12.8 Å². The number of nitrogens with one attached hydrogen (secondary N) is 1. The third kappa shape index (κ3) is 4.58. The van der Waals surface area contributed by atoms with Crippen molar-refractivity contribution in [1.82, 2.24) is 10.2 Å². The highest BCUT2D eigenvalue weighted by atomic mass is 35.5. The van der Waals surface area contributed by atoms with Crippen LogP contribution in [0.5, 0.6) is 5.75 Å². The average molecular weight is 358 g/mol. The van der Waals surface area contributed by atoms with Crippen LogP contribution in [0.3, 0.4) is 0 Å². The standard InChI is InChI=1S/C18H16ClN3O3/c1-24-15-7-5-12(6-8-15)18-22-21-17(25-18)10-9-16(23)20-14-4-2-3-13(19)11-14/h2-8,11H,9-10H2,1H3,(H,20,23). The number of amides is 1. The molecule has 0 fully saturated rings. The Bertz CT molecular complexity index is 862. The van der Waals surface area contributed by atoms with Crippen LogP contribution in [0.15, 0.2) is 52.9 Å². The predicted molar refractivity (Wildman–Crippen MR) is 94.7 cm³/mol. The molecule has 0 aliphatic carbocycles. The summed E-state index contributed by atoms with van der Waals surface area (Å²) >= 11 is 5.89. The zero-order valence-corrected chi connectivity index (χ0v) is 14.3. The van der Waals surface area contributed by atoms with Gasteiger partial charge in [-0.1, -0.05) is 17.7 Å². The molecule has 25 heavy (non-hydrogen) atoms. The van der Waals surface area contributed by atoms with Crippen LogP contribution in [-0.4, -0.2) is 23.2 Å². The molecule has 0 saturated heterocycles. The van der Waals surface area contributed by atoms with Crippen LogP contribution in [0, 0.1) is 0 Å². The molecule has 0 radical (unpaired) electrons. The van der Waals surface area contributed by atoms with Crippen molar-refractivity contribution in [2.24, 2.45) is 0 Å². The Morgan fingerprint density at radius 3 is 2.72 bits per heavy atom. The smallest absolute Gasteiger partial charge is 0.247 e. The number of hydrogen-bond donors (Lipinski definition) is 1. The van der Waals surface area contributed by atoms with Gasteiger partial charge in [0.25, 0.3) is 0 Å². The van der Waals surface area contributed by atoms with Gasteiger partial charge in [0.15, 0.2) is 0 Å². The van der Waals surface area contributed by atoms with Gasteiger partial charge in [-0.3, -0.25) is 4.79 Å². The van der Waals surface area contributed by atoms with Crippen LogP contribution in [-0.2, 0) is 11.2 Å². The van der Waals surface area contributed by atoms with Gasteiger partial charge in [-0.2, -0.15) is 0 Å². The SMILES string of the molecule is COc1ccc(-c2nnc(CCC(=O)Nc3cccc(Cl)c3)o2)cc1. The first-order valence-corrected chi connectivity index (χ1v) is 8.04. The van der Waals surface area contributed by atoms with Gasteiger partial charge in [0.1, 0.15) is 5.75 Å². The summed E-state index contributed by atoms with van der Waals surface area (Å²) in [6.07, 6.45) is 0.590. The van der Waals surface area contributed by atoms with E-state index in [-0.39, 0.29) is 12.3 Å². The first-order valence-electron chi connectivity index (χ1n) is 7.66. The van der Waals surface area contributed by atoms with Crippen molar-refractivity contribution in [3.63, 3.8) is 0 Å². The molecule has 7 heteroatoms. The quantitative estimate of drug-likeness (QED) is 0.722. The zero-order chi connectivity index (χ0) is 17.6. The van der Waals surface area contributed by atoms with Crippen LogP contribution in [0.25, 0.3) is 11.5 Å². The van der Waals surface area contributed by atoms with Gasteiger partial charge in [0, 0.05) is 29.1 Å². The van der Waals surface area contributed by atoms with E-state index >= 15 is 0 Å². The van der Waals surface area contributed by atoms with Crippen molar-refractivity contribution in [1.29, 1.82) is 0 Å². The van der Waals surface area contributed by atoms with E-state index in [2.05, 4.69) is 15.5 Å². The molecule has 0 unspecified atom stereocenters. The summed E-state index contributed by atoms with van der Waals surface area (Å²) in [5, 5.41) is 11.3. The van der Waals surface area contributed by atoms with Gasteiger partial charge >= 0.3 is 0 Å². The zero-order valence-electron chi connectivity index (χ0n) is 13.5. The lowest BCUT2D eigenvalue weighted by Crippen LogP contribution is -2.12. The van der Waals surface area contributed by atoms with E-state index in [9.17, 15) is 4.79 Å². The Morgan fingerprint density at radius 1 is 1.20 bits per heavy atom. The van der Waals surface area contributed by atoms with Gasteiger partial charge in [-0.05, 0) is 42.5 Å². The number of anilines is 1. The second kappa shape index (κ2) is 7.81. The monoisotopic (exact) mass is 357 g/mol. The number of benzene rings is 2. The normalized spacial score (nSPS) is 10.5. The third-order valence-corrected chi connectivity index (χ3v) is 3.71. The molecule has 0 aliphatic heterocycles. The fourth-order valence-corrected chi connectivity index (χ4v) is 2.41. The first kappa shape index (κ1) is 17.0. The molecule has 0 aliphatic rings. The maximum atomic E-state index is 12.0. The minimum Gasteiger partial charge on any atom is -0.497 e. The van der Waals surface area contributed by atoms with Crippen LogP contribution in [0.4, 0.5) is 5.69 Å². The topological polar surface area (TPSA) is 77.2 Å². The maximum absolute atomic E-state index is 12.0. The molecule has 2 aromatic carbocycles. The lowest BCUT2D eigenvalue weighted by Gasteiger charge is -2.04. The molecule has 128 valence electrons. The summed E-state index contributed by atoms with van der Waals surface area (Å²) in [7, 11) is 1.61. The molecule has 0 atom stereocenters. The summed E-state index contributed by atoms with van der Waals surface area (Å²) in [6, 6.07) is 14.3. The summed E-state index contributed by atoms with van der Waals surface area (Å²) in [6.45, 7) is 0. The minimum absolute atomic E-state index is 0.147. The Morgan fingerprint density at radius 2 is 2.00 bits per heavy atom. The van der Waals surface area contributed by atoms with Gasteiger partial charge in [0.2, 0.25) is 17.7 Å². The van der Waals surface area contributed by atoms with Crippen molar-refractivity contribution in [3.8, 4) is 17.2 Å². The Kier molecular flexibility index (Phi) is 5.30. The molecule has 3 rings (SSSR count). The Balaban J connectivity index is 1.56. The first-order chi connectivity index (χ1) is 12.1. The van der Waals surface area contributed by atoms with Gasteiger partial charge in [-0.25, -0.2) is 0 Å². The van der Waals surface area contributed by atoms with Crippen molar-refractivity contribution in [3.05, 3.63) is 59.4 Å². The van der Waals surface area contributed by atoms with E-state index in [1.165, 1.54) is 0 Å². The molecule has 1 N–H and O–H groups in total. The number of nitrogens with zero attached hydrogens (tertiary/aromatic N) is 2. The van der Waals surface area contributed by atoms with Gasteiger partial charge < -0.3 is 14.5 Å². The van der Waals surface area contributed by atoms with Crippen molar-refractivity contribution < 1.29 is 13.9 Å². The van der Waals surface area contributed by atoms with E-state index in [0.717, 1.165) is 11.3 Å². The molecule has 3 aromatic rings. The van der Waals surface area contributed by atoms with Crippen LogP contribution >= 0.6 is 11.6 Å².